The molecule has 0 N–H and O–H groups in total. The van der Waals surface area contributed by atoms with Gasteiger partial charge in [-0.05, 0) is 42.0 Å². The van der Waals surface area contributed by atoms with E-state index >= 15 is 0 Å². The number of sulfonamides is 1. The van der Waals surface area contributed by atoms with Crippen LogP contribution in [0.5, 0.6) is 11.5 Å². The average Bonchev–Trinajstić information content (AvgIpc) is 3.22. The molecule has 1 amide bonds. The fourth-order valence-electron chi connectivity index (χ4n) is 3.31. The molecule has 4 rings (SSSR count). The zero-order chi connectivity index (χ0) is 20.4. The Kier molecular flexibility index (Phi) is 5.44. The van der Waals surface area contributed by atoms with Gasteiger partial charge in [0, 0.05) is 32.2 Å². The summed E-state index contributed by atoms with van der Waals surface area (Å²) in [4.78, 5) is 14.5. The lowest BCUT2D eigenvalue weighted by molar-refractivity contribution is 0.0730. The lowest BCUT2D eigenvalue weighted by atomic mass is 10.1. The Labute approximate surface area is 169 Å². The second-order valence-corrected chi connectivity index (χ2v) is 8.83. The first-order valence-corrected chi connectivity index (χ1v) is 10.7. The largest absolute Gasteiger partial charge is 0.454 e. The maximum atomic E-state index is 12.7. The normalized spacial score (nSPS) is 16.6. The molecule has 0 bridgehead atoms. The van der Waals surface area contributed by atoms with Crippen molar-refractivity contribution in [3.8, 4) is 11.5 Å². The van der Waals surface area contributed by atoms with Gasteiger partial charge < -0.3 is 19.1 Å². The van der Waals surface area contributed by atoms with Crippen LogP contribution in [0.15, 0.2) is 47.4 Å². The Morgan fingerprint density at radius 3 is 2.45 bits per heavy atom. The number of rotatable bonds is 5. The molecule has 0 atom stereocenters. The van der Waals surface area contributed by atoms with E-state index in [0.29, 0.717) is 49.9 Å². The molecule has 2 aromatic carbocycles. The summed E-state index contributed by atoms with van der Waals surface area (Å²) in [5.74, 6) is 1.17. The monoisotopic (exact) mass is 418 g/mol. The first-order valence-electron chi connectivity index (χ1n) is 9.27. The van der Waals surface area contributed by atoms with E-state index in [0.717, 1.165) is 5.56 Å². The minimum atomic E-state index is -3.58. The van der Waals surface area contributed by atoms with Crippen molar-refractivity contribution in [2.75, 3.05) is 40.1 Å². The topological polar surface area (TPSA) is 85.4 Å². The number of morpholine rings is 1. The van der Waals surface area contributed by atoms with E-state index in [-0.39, 0.29) is 17.6 Å². The van der Waals surface area contributed by atoms with Crippen molar-refractivity contribution in [3.63, 3.8) is 0 Å². The second-order valence-electron chi connectivity index (χ2n) is 6.89. The van der Waals surface area contributed by atoms with Gasteiger partial charge in [-0.25, -0.2) is 8.42 Å². The molecule has 2 aliphatic heterocycles. The number of carbonyl (C=O) groups is 1. The van der Waals surface area contributed by atoms with Crippen LogP contribution in [-0.4, -0.2) is 63.7 Å². The van der Waals surface area contributed by atoms with E-state index in [2.05, 4.69) is 0 Å². The summed E-state index contributed by atoms with van der Waals surface area (Å²) in [5, 5.41) is 0. The number of hydrogen-bond donors (Lipinski definition) is 0. The molecular formula is C20H22N2O6S. The van der Waals surface area contributed by atoms with Crippen molar-refractivity contribution in [2.45, 2.75) is 11.4 Å². The molecule has 0 unspecified atom stereocenters. The van der Waals surface area contributed by atoms with Crippen LogP contribution < -0.4 is 9.47 Å². The zero-order valence-corrected chi connectivity index (χ0v) is 16.9. The van der Waals surface area contributed by atoms with Gasteiger partial charge in [0.25, 0.3) is 5.91 Å². The van der Waals surface area contributed by atoms with E-state index in [4.69, 9.17) is 14.2 Å². The highest BCUT2D eigenvalue weighted by atomic mass is 32.2. The Hall–Kier alpha value is -2.62. The van der Waals surface area contributed by atoms with Gasteiger partial charge in [-0.1, -0.05) is 6.07 Å². The summed E-state index contributed by atoms with van der Waals surface area (Å²) in [6.45, 7) is 2.04. The van der Waals surface area contributed by atoms with E-state index in [1.165, 1.54) is 16.4 Å². The summed E-state index contributed by atoms with van der Waals surface area (Å²) in [6.07, 6.45) is 0. The number of carbonyl (C=O) groups excluding carboxylic acids is 1. The molecule has 2 heterocycles. The van der Waals surface area contributed by atoms with E-state index in [9.17, 15) is 13.2 Å². The predicted octanol–water partition coefficient (Wildman–Crippen LogP) is 1.71. The van der Waals surface area contributed by atoms with Crippen molar-refractivity contribution in [1.82, 2.24) is 9.21 Å². The standard InChI is InChI=1S/C20H22N2O6S/c1-21(13-15-2-7-18-19(12-15)28-14-27-18)20(23)16-3-5-17(6-4-16)29(24,25)22-8-10-26-11-9-22/h2-7,12H,8-11,13-14H2,1H3. The second kappa shape index (κ2) is 8.02. The van der Waals surface area contributed by atoms with Gasteiger partial charge in [0.15, 0.2) is 11.5 Å². The molecule has 8 nitrogen and oxygen atoms in total. The number of hydrogen-bond acceptors (Lipinski definition) is 6. The molecule has 2 aliphatic rings. The Morgan fingerprint density at radius 1 is 1.03 bits per heavy atom. The molecule has 0 saturated carbocycles. The van der Waals surface area contributed by atoms with Crippen LogP contribution in [0.3, 0.4) is 0 Å². The van der Waals surface area contributed by atoms with Crippen LogP contribution in [0, 0.1) is 0 Å². The van der Waals surface area contributed by atoms with Gasteiger partial charge in [-0.15, -0.1) is 0 Å². The smallest absolute Gasteiger partial charge is 0.253 e. The maximum Gasteiger partial charge on any atom is 0.253 e. The molecule has 9 heteroatoms. The van der Waals surface area contributed by atoms with Crippen LogP contribution in [0.1, 0.15) is 15.9 Å². The highest BCUT2D eigenvalue weighted by molar-refractivity contribution is 7.89. The number of amides is 1. The van der Waals surface area contributed by atoms with Crippen molar-refractivity contribution >= 4 is 15.9 Å². The number of ether oxygens (including phenoxy) is 3. The summed E-state index contributed by atoms with van der Waals surface area (Å²) in [5.41, 5.74) is 1.34. The summed E-state index contributed by atoms with van der Waals surface area (Å²) in [7, 11) is -1.88. The molecule has 1 saturated heterocycles. The van der Waals surface area contributed by atoms with Gasteiger partial charge in [0.05, 0.1) is 18.1 Å². The van der Waals surface area contributed by atoms with Crippen LogP contribution in [-0.2, 0) is 21.3 Å². The molecule has 0 aliphatic carbocycles. The fraction of sp³-hybridized carbons (Fsp3) is 0.350. The van der Waals surface area contributed by atoms with E-state index in [1.54, 1.807) is 24.1 Å². The molecule has 2 aromatic rings. The summed E-state index contributed by atoms with van der Waals surface area (Å²) >= 11 is 0. The first-order chi connectivity index (χ1) is 13.9. The van der Waals surface area contributed by atoms with Crippen LogP contribution in [0.4, 0.5) is 0 Å². The van der Waals surface area contributed by atoms with Crippen molar-refractivity contribution < 1.29 is 27.4 Å². The van der Waals surface area contributed by atoms with Crippen molar-refractivity contribution in [3.05, 3.63) is 53.6 Å². The average molecular weight is 418 g/mol. The predicted molar refractivity (Wildman–Crippen MR) is 104 cm³/mol. The SMILES string of the molecule is CN(Cc1ccc2c(c1)OCO2)C(=O)c1ccc(S(=O)(=O)N2CCOCC2)cc1. The van der Waals surface area contributed by atoms with Gasteiger partial charge >= 0.3 is 0 Å². The summed E-state index contributed by atoms with van der Waals surface area (Å²) in [6, 6.07) is 11.6. The molecule has 0 aromatic heterocycles. The van der Waals surface area contributed by atoms with Crippen molar-refractivity contribution in [1.29, 1.82) is 0 Å². The molecule has 29 heavy (non-hydrogen) atoms. The van der Waals surface area contributed by atoms with E-state index in [1.807, 2.05) is 18.2 Å². The van der Waals surface area contributed by atoms with Gasteiger partial charge in [-0.2, -0.15) is 4.31 Å². The third-order valence-corrected chi connectivity index (χ3v) is 6.83. The van der Waals surface area contributed by atoms with Gasteiger partial charge in [0.1, 0.15) is 0 Å². The minimum absolute atomic E-state index is 0.175. The Balaban J connectivity index is 1.44. The highest BCUT2D eigenvalue weighted by Crippen LogP contribution is 2.32. The number of fused-ring (bicyclic) bond motifs is 1. The zero-order valence-electron chi connectivity index (χ0n) is 16.0. The number of nitrogens with zero attached hydrogens (tertiary/aromatic N) is 2. The van der Waals surface area contributed by atoms with E-state index < -0.39 is 10.0 Å². The first kappa shape index (κ1) is 19.7. The third-order valence-electron chi connectivity index (χ3n) is 4.91. The lowest BCUT2D eigenvalue weighted by Gasteiger charge is -2.26. The quantitative estimate of drug-likeness (QED) is 0.735. The molecular weight excluding hydrogens is 396 g/mol. The minimum Gasteiger partial charge on any atom is -0.454 e. The molecule has 0 radical (unpaired) electrons. The molecule has 1 fully saturated rings. The van der Waals surface area contributed by atoms with Crippen LogP contribution >= 0.6 is 0 Å². The van der Waals surface area contributed by atoms with Crippen LogP contribution in [0.25, 0.3) is 0 Å². The Morgan fingerprint density at radius 2 is 1.72 bits per heavy atom. The summed E-state index contributed by atoms with van der Waals surface area (Å²) < 4.78 is 42.7. The van der Waals surface area contributed by atoms with Gasteiger partial charge in [0.2, 0.25) is 16.8 Å². The maximum absolute atomic E-state index is 12.7. The Bertz CT molecular complexity index is 1000. The molecule has 0 spiro atoms. The highest BCUT2D eigenvalue weighted by Gasteiger charge is 2.26. The van der Waals surface area contributed by atoms with Crippen LogP contribution in [0.2, 0.25) is 0 Å². The fourth-order valence-corrected chi connectivity index (χ4v) is 4.72. The number of benzene rings is 2. The third kappa shape index (κ3) is 4.07. The molecule has 154 valence electrons. The van der Waals surface area contributed by atoms with Crippen molar-refractivity contribution in [2.24, 2.45) is 0 Å². The lowest BCUT2D eigenvalue weighted by Crippen LogP contribution is -2.40. The van der Waals surface area contributed by atoms with Gasteiger partial charge in [-0.3, -0.25) is 4.79 Å².